The van der Waals surface area contributed by atoms with Crippen LogP contribution in [-0.4, -0.2) is 17.9 Å². The van der Waals surface area contributed by atoms with Gasteiger partial charge in [-0.3, -0.25) is 0 Å². The Morgan fingerprint density at radius 2 is 1.22 bits per heavy atom. The molecule has 0 atom stereocenters. The van der Waals surface area contributed by atoms with Gasteiger partial charge in [0.25, 0.3) is 0 Å². The van der Waals surface area contributed by atoms with Crippen LogP contribution in [0.2, 0.25) is 0 Å². The molecule has 3 aromatic rings. The zero-order valence-electron chi connectivity index (χ0n) is 28.9. The van der Waals surface area contributed by atoms with E-state index in [-0.39, 0.29) is 24.9 Å². The van der Waals surface area contributed by atoms with Crippen LogP contribution in [0.25, 0.3) is 11.1 Å². The minimum absolute atomic E-state index is 0.120. The third kappa shape index (κ3) is 9.77. The second kappa shape index (κ2) is 18.5. The predicted octanol–water partition coefficient (Wildman–Crippen LogP) is 11.5. The van der Waals surface area contributed by atoms with Gasteiger partial charge in [0.1, 0.15) is 0 Å². The Bertz CT molecular complexity index is 1280. The number of halogens is 1. The molecule has 0 bridgehead atoms. The summed E-state index contributed by atoms with van der Waals surface area (Å²) in [4.78, 5) is 0. The minimum atomic E-state index is -0.120. The first kappa shape index (κ1) is 36.8. The summed E-state index contributed by atoms with van der Waals surface area (Å²) in [7, 11) is 5.66. The van der Waals surface area contributed by atoms with Crippen molar-refractivity contribution in [2.24, 2.45) is 5.73 Å². The van der Waals surface area contributed by atoms with Gasteiger partial charge < -0.3 is 0 Å². The Balaban J connectivity index is 0.000000354. The van der Waals surface area contributed by atoms with Crippen LogP contribution >= 0.6 is 17.5 Å². The number of hydrogen-bond acceptors (Lipinski definition) is 1. The van der Waals surface area contributed by atoms with E-state index in [0.717, 1.165) is 17.7 Å². The molecule has 0 heterocycles. The Morgan fingerprint density at radius 1 is 0.711 bits per heavy atom. The molecular weight excluding hydrogens is 679 g/mol. The summed E-state index contributed by atoms with van der Waals surface area (Å²) in [6.45, 7) is 15.0. The molecule has 45 heavy (non-hydrogen) atoms. The summed E-state index contributed by atoms with van der Waals surface area (Å²) in [5.74, 6) is 1.64. The second-order valence-electron chi connectivity index (χ2n) is 14.2. The van der Waals surface area contributed by atoms with E-state index < -0.39 is 0 Å². The van der Waals surface area contributed by atoms with E-state index in [2.05, 4.69) is 90.1 Å². The third-order valence-corrected chi connectivity index (χ3v) is 15.3. The van der Waals surface area contributed by atoms with Crippen LogP contribution in [0.1, 0.15) is 146 Å². The van der Waals surface area contributed by atoms with Crippen LogP contribution in [0.3, 0.4) is 0 Å². The van der Waals surface area contributed by atoms with E-state index in [1.54, 1.807) is 27.6 Å². The van der Waals surface area contributed by atoms with Crippen molar-refractivity contribution in [3.05, 3.63) is 82.9 Å². The standard InChI is InChI=1S/C33H49P.C8H10N.ClH.Pd/c1-23(2)26-21-30(24(3)4)33(31(22-26)25(5)6)29-19-13-14-20-32(29)34(27-15-9-7-10-16-27)28-17-11-8-12-18-28;9-7-6-8-4-2-1-3-5-8;;/h13-14,19-25,27-28H,7-12,15-18H2,1-6H3;1-4H,6-7,9H2;1H;/q;;;+1/p-1. The van der Waals surface area contributed by atoms with Crippen LogP contribution in [-0.2, 0) is 23.4 Å². The summed E-state index contributed by atoms with van der Waals surface area (Å²) in [5, 5.41) is 1.75. The summed E-state index contributed by atoms with van der Waals surface area (Å²) < 4.78 is 1.24. The fraction of sp³-hybridized carbons (Fsp3) is 0.561. The molecule has 2 aliphatic carbocycles. The molecule has 3 aromatic carbocycles. The van der Waals surface area contributed by atoms with Gasteiger partial charge in [0.15, 0.2) is 0 Å². The van der Waals surface area contributed by atoms with Crippen LogP contribution in [0.15, 0.2) is 60.7 Å². The summed E-state index contributed by atoms with van der Waals surface area (Å²) >= 11 is 0.176. The maximum absolute atomic E-state index is 5.78. The zero-order chi connectivity index (χ0) is 32.3. The fourth-order valence-corrected chi connectivity index (χ4v) is 12.9. The van der Waals surface area contributed by atoms with Gasteiger partial charge in [-0.2, -0.15) is 0 Å². The molecule has 1 nitrogen and oxygen atoms in total. The van der Waals surface area contributed by atoms with Crippen molar-refractivity contribution in [1.29, 1.82) is 0 Å². The van der Waals surface area contributed by atoms with Gasteiger partial charge in [0.2, 0.25) is 0 Å². The molecule has 0 saturated heterocycles. The molecule has 2 aliphatic rings. The Hall–Kier alpha value is -0.998. The summed E-state index contributed by atoms with van der Waals surface area (Å²) in [6, 6.07) is 23.0. The molecule has 2 fully saturated rings. The summed E-state index contributed by atoms with van der Waals surface area (Å²) in [5.41, 5.74) is 16.4. The molecule has 0 aromatic heterocycles. The van der Waals surface area contributed by atoms with Gasteiger partial charge in [0.05, 0.1) is 0 Å². The SMILES string of the molecule is CC(C)c1cc(C(C)C)c(-c2ccccc2P(C2CCCCC2)C2CCCCC2)c(C(C)C)c1.NCCc1cccc[c]1[Pd][Cl]. The van der Waals surface area contributed by atoms with Crippen LogP contribution < -0.4 is 15.1 Å². The van der Waals surface area contributed by atoms with Crippen molar-refractivity contribution in [3.63, 3.8) is 0 Å². The topological polar surface area (TPSA) is 26.0 Å². The zero-order valence-corrected chi connectivity index (χ0v) is 32.1. The first-order chi connectivity index (χ1) is 21.8. The van der Waals surface area contributed by atoms with Gasteiger partial charge in [-0.15, -0.1) is 0 Å². The van der Waals surface area contributed by atoms with Gasteiger partial charge >= 0.3 is 79.1 Å². The Labute approximate surface area is 289 Å². The van der Waals surface area contributed by atoms with Gasteiger partial charge in [-0.1, -0.05) is 124 Å². The number of rotatable bonds is 10. The van der Waals surface area contributed by atoms with E-state index in [1.807, 2.05) is 12.1 Å². The van der Waals surface area contributed by atoms with Crippen molar-refractivity contribution in [3.8, 4) is 11.1 Å². The third-order valence-electron chi connectivity index (χ3n) is 9.93. The van der Waals surface area contributed by atoms with Crippen molar-refractivity contribution in [1.82, 2.24) is 0 Å². The first-order valence-corrected chi connectivity index (χ1v) is 22.1. The van der Waals surface area contributed by atoms with E-state index in [0.29, 0.717) is 24.3 Å². The molecule has 4 heteroatoms. The summed E-state index contributed by atoms with van der Waals surface area (Å²) in [6.07, 6.45) is 15.5. The Kier molecular flexibility index (Phi) is 15.2. The molecule has 0 radical (unpaired) electrons. The average Bonchev–Trinajstić information content (AvgIpc) is 3.06. The van der Waals surface area contributed by atoms with Crippen molar-refractivity contribution in [2.75, 3.05) is 6.54 Å². The van der Waals surface area contributed by atoms with Crippen molar-refractivity contribution in [2.45, 2.75) is 141 Å². The predicted molar refractivity (Wildman–Crippen MR) is 199 cm³/mol. The monoisotopic (exact) mass is 737 g/mol. The molecule has 5 rings (SSSR count). The van der Waals surface area contributed by atoms with E-state index in [1.165, 1.54) is 79.4 Å². The molecule has 0 spiro atoms. The average molecular weight is 739 g/mol. The molecule has 250 valence electrons. The van der Waals surface area contributed by atoms with Crippen molar-refractivity contribution >= 4 is 26.8 Å². The van der Waals surface area contributed by atoms with Gasteiger partial charge in [0, 0.05) is 0 Å². The number of benzene rings is 3. The van der Waals surface area contributed by atoms with Gasteiger partial charge in [-0.05, 0) is 87.9 Å². The second-order valence-corrected chi connectivity index (χ2v) is 18.8. The molecule has 2 saturated carbocycles. The molecule has 0 aliphatic heterocycles. The van der Waals surface area contributed by atoms with E-state index in [9.17, 15) is 0 Å². The van der Waals surface area contributed by atoms with Crippen LogP contribution in [0, 0.1) is 0 Å². The Morgan fingerprint density at radius 3 is 1.71 bits per heavy atom. The number of hydrogen-bond donors (Lipinski definition) is 1. The normalized spacial score (nSPS) is 16.5. The maximum atomic E-state index is 5.78. The van der Waals surface area contributed by atoms with E-state index >= 15 is 0 Å². The molecule has 2 N–H and O–H groups in total. The first-order valence-electron chi connectivity index (χ1n) is 17.8. The number of nitrogens with two attached hydrogens (primary N) is 1. The quantitative estimate of drug-likeness (QED) is 0.163. The van der Waals surface area contributed by atoms with Gasteiger partial charge in [-0.25, -0.2) is 0 Å². The van der Waals surface area contributed by atoms with E-state index in [4.69, 9.17) is 15.3 Å². The molecule has 0 unspecified atom stereocenters. The van der Waals surface area contributed by atoms with Crippen molar-refractivity contribution < 1.29 is 17.0 Å². The molecule has 0 amide bonds. The van der Waals surface area contributed by atoms with Crippen LogP contribution in [0.5, 0.6) is 0 Å². The van der Waals surface area contributed by atoms with Crippen LogP contribution in [0.4, 0.5) is 0 Å². The molecular formula is C41H59ClNPPd. The fourth-order valence-electron chi connectivity index (χ4n) is 7.48.